The molecule has 1 aliphatic heterocycles. The molecular weight excluding hydrogens is 334 g/mol. The fourth-order valence-electron chi connectivity index (χ4n) is 3.37. The van der Waals surface area contributed by atoms with Crippen LogP contribution in [0.2, 0.25) is 5.15 Å². The summed E-state index contributed by atoms with van der Waals surface area (Å²) in [5.41, 5.74) is 1.97. The van der Waals surface area contributed by atoms with E-state index in [1.165, 1.54) is 5.56 Å². The van der Waals surface area contributed by atoms with Crippen molar-refractivity contribution >= 4 is 23.2 Å². The molecule has 2 heterocycles. The molecule has 1 fully saturated rings. The molecule has 0 saturated carbocycles. The second kappa shape index (κ2) is 8.45. The number of nitrogens with zero attached hydrogens (tertiary/aromatic N) is 2. The van der Waals surface area contributed by atoms with Crippen LogP contribution in [-0.4, -0.2) is 34.9 Å². The number of anilines is 1. The maximum Gasteiger partial charge on any atom is 0.241 e. The highest BCUT2D eigenvalue weighted by atomic mass is 35.5. The minimum Gasteiger partial charge on any atom is -0.322 e. The van der Waals surface area contributed by atoms with E-state index in [1.807, 2.05) is 6.92 Å². The first-order valence-corrected chi connectivity index (χ1v) is 9.20. The first-order valence-electron chi connectivity index (χ1n) is 8.83. The summed E-state index contributed by atoms with van der Waals surface area (Å²) in [4.78, 5) is 18.7. The Hall–Kier alpha value is -1.91. The Morgan fingerprint density at radius 3 is 2.64 bits per heavy atom. The average molecular weight is 358 g/mol. The molecule has 5 heteroatoms. The van der Waals surface area contributed by atoms with E-state index in [4.69, 9.17) is 11.6 Å². The molecule has 0 aliphatic carbocycles. The Labute approximate surface area is 154 Å². The van der Waals surface area contributed by atoms with Gasteiger partial charge < -0.3 is 5.32 Å². The fourth-order valence-corrected chi connectivity index (χ4v) is 3.54. The molecule has 1 atom stereocenters. The predicted molar refractivity (Wildman–Crippen MR) is 102 cm³/mol. The van der Waals surface area contributed by atoms with Gasteiger partial charge >= 0.3 is 0 Å². The summed E-state index contributed by atoms with van der Waals surface area (Å²) < 4.78 is 0. The standard InChI is InChI=1S/C20H24ClN3O/c1-15(20(25)23-18-8-5-11-22-19(18)21)24-12-9-17(10-13-24)14-16-6-3-2-4-7-16/h2-8,11,15,17H,9-10,12-14H2,1H3,(H,23,25)/t15-/m1/s1. The van der Waals surface area contributed by atoms with Crippen molar-refractivity contribution in [3.8, 4) is 0 Å². The third-order valence-corrected chi connectivity index (χ3v) is 5.26. The molecule has 1 saturated heterocycles. The highest BCUT2D eigenvalue weighted by Crippen LogP contribution is 2.24. The zero-order valence-corrected chi connectivity index (χ0v) is 15.2. The van der Waals surface area contributed by atoms with Gasteiger partial charge in [0.25, 0.3) is 0 Å². The van der Waals surface area contributed by atoms with Gasteiger partial charge in [-0.3, -0.25) is 9.69 Å². The summed E-state index contributed by atoms with van der Waals surface area (Å²) in [5.74, 6) is 0.665. The predicted octanol–water partition coefficient (Wildman–Crippen LogP) is 4.02. The lowest BCUT2D eigenvalue weighted by Gasteiger charge is -2.35. The van der Waals surface area contributed by atoms with Crippen LogP contribution in [0.15, 0.2) is 48.7 Å². The molecule has 2 aromatic rings. The number of nitrogens with one attached hydrogen (secondary N) is 1. The Morgan fingerprint density at radius 1 is 1.24 bits per heavy atom. The largest absolute Gasteiger partial charge is 0.322 e. The lowest BCUT2D eigenvalue weighted by atomic mass is 9.89. The summed E-state index contributed by atoms with van der Waals surface area (Å²) in [6.07, 6.45) is 4.99. The van der Waals surface area contributed by atoms with E-state index in [2.05, 4.69) is 45.5 Å². The molecule has 132 valence electrons. The molecule has 1 aliphatic rings. The number of amides is 1. The van der Waals surface area contributed by atoms with Gasteiger partial charge in [0.1, 0.15) is 0 Å². The number of benzene rings is 1. The highest BCUT2D eigenvalue weighted by Gasteiger charge is 2.27. The van der Waals surface area contributed by atoms with Crippen molar-refractivity contribution < 1.29 is 4.79 Å². The van der Waals surface area contributed by atoms with E-state index in [9.17, 15) is 4.79 Å². The molecule has 0 spiro atoms. The van der Waals surface area contributed by atoms with Gasteiger partial charge in [0.2, 0.25) is 5.91 Å². The van der Waals surface area contributed by atoms with Crippen LogP contribution in [0.5, 0.6) is 0 Å². The van der Waals surface area contributed by atoms with Crippen molar-refractivity contribution in [3.05, 3.63) is 59.4 Å². The SMILES string of the molecule is C[C@H](C(=O)Nc1cccnc1Cl)N1CCC(Cc2ccccc2)CC1. The van der Waals surface area contributed by atoms with Gasteiger partial charge in [-0.05, 0) is 62.9 Å². The van der Waals surface area contributed by atoms with Gasteiger partial charge in [0.05, 0.1) is 11.7 Å². The molecular formula is C20H24ClN3O. The Bertz CT molecular complexity index is 699. The number of carbonyl (C=O) groups is 1. The normalized spacial score (nSPS) is 17.2. The number of hydrogen-bond acceptors (Lipinski definition) is 3. The van der Waals surface area contributed by atoms with Crippen LogP contribution in [0.3, 0.4) is 0 Å². The topological polar surface area (TPSA) is 45.2 Å². The smallest absolute Gasteiger partial charge is 0.241 e. The maximum atomic E-state index is 12.5. The van der Waals surface area contributed by atoms with Crippen LogP contribution in [0.4, 0.5) is 5.69 Å². The van der Waals surface area contributed by atoms with Crippen LogP contribution in [0.25, 0.3) is 0 Å². The zero-order chi connectivity index (χ0) is 17.6. The van der Waals surface area contributed by atoms with Crippen molar-refractivity contribution in [2.24, 2.45) is 5.92 Å². The molecule has 0 radical (unpaired) electrons. The number of carbonyl (C=O) groups excluding carboxylic acids is 1. The van der Waals surface area contributed by atoms with E-state index in [1.54, 1.807) is 18.3 Å². The van der Waals surface area contributed by atoms with Gasteiger partial charge in [0, 0.05) is 6.20 Å². The van der Waals surface area contributed by atoms with Crippen molar-refractivity contribution in [3.63, 3.8) is 0 Å². The lowest BCUT2D eigenvalue weighted by Crippen LogP contribution is -2.46. The number of rotatable bonds is 5. The summed E-state index contributed by atoms with van der Waals surface area (Å²) >= 11 is 6.02. The molecule has 1 aromatic carbocycles. The number of likely N-dealkylation sites (tertiary alicyclic amines) is 1. The van der Waals surface area contributed by atoms with E-state index in [-0.39, 0.29) is 11.9 Å². The number of piperidine rings is 1. The van der Waals surface area contributed by atoms with Crippen LogP contribution >= 0.6 is 11.6 Å². The monoisotopic (exact) mass is 357 g/mol. The average Bonchev–Trinajstić information content (AvgIpc) is 2.64. The molecule has 0 bridgehead atoms. The van der Waals surface area contributed by atoms with E-state index < -0.39 is 0 Å². The number of aromatic nitrogens is 1. The molecule has 0 unspecified atom stereocenters. The molecule has 25 heavy (non-hydrogen) atoms. The number of pyridine rings is 1. The van der Waals surface area contributed by atoms with Gasteiger partial charge in [-0.15, -0.1) is 0 Å². The number of hydrogen-bond donors (Lipinski definition) is 1. The summed E-state index contributed by atoms with van der Waals surface area (Å²) in [5, 5.41) is 3.21. The first-order chi connectivity index (χ1) is 12.1. The van der Waals surface area contributed by atoms with E-state index in [0.29, 0.717) is 16.8 Å². The maximum absolute atomic E-state index is 12.5. The molecule has 3 rings (SSSR count). The first kappa shape index (κ1) is 17.9. The molecule has 1 N–H and O–H groups in total. The van der Waals surface area contributed by atoms with Crippen molar-refractivity contribution in [1.29, 1.82) is 0 Å². The minimum absolute atomic E-state index is 0.0311. The second-order valence-corrected chi connectivity index (χ2v) is 7.03. The number of halogens is 1. The second-order valence-electron chi connectivity index (χ2n) is 6.68. The lowest BCUT2D eigenvalue weighted by molar-refractivity contribution is -0.121. The van der Waals surface area contributed by atoms with Crippen LogP contribution in [-0.2, 0) is 11.2 Å². The van der Waals surface area contributed by atoms with Crippen molar-refractivity contribution in [1.82, 2.24) is 9.88 Å². The fraction of sp³-hybridized carbons (Fsp3) is 0.400. The van der Waals surface area contributed by atoms with Crippen LogP contribution < -0.4 is 5.32 Å². The Kier molecular flexibility index (Phi) is 6.05. The quantitative estimate of drug-likeness (QED) is 0.822. The molecule has 1 aromatic heterocycles. The Balaban J connectivity index is 1.50. The summed E-state index contributed by atoms with van der Waals surface area (Å²) in [6, 6.07) is 14.0. The van der Waals surface area contributed by atoms with Crippen LogP contribution in [0, 0.1) is 5.92 Å². The summed E-state index contributed by atoms with van der Waals surface area (Å²) in [7, 11) is 0. The highest BCUT2D eigenvalue weighted by molar-refractivity contribution is 6.32. The molecule has 1 amide bonds. The van der Waals surface area contributed by atoms with E-state index in [0.717, 1.165) is 32.4 Å². The van der Waals surface area contributed by atoms with Crippen LogP contribution in [0.1, 0.15) is 25.3 Å². The van der Waals surface area contributed by atoms with Crippen molar-refractivity contribution in [2.75, 3.05) is 18.4 Å². The molecule has 4 nitrogen and oxygen atoms in total. The van der Waals surface area contributed by atoms with Gasteiger partial charge in [-0.25, -0.2) is 4.98 Å². The van der Waals surface area contributed by atoms with Crippen molar-refractivity contribution in [2.45, 2.75) is 32.2 Å². The zero-order valence-electron chi connectivity index (χ0n) is 14.5. The van der Waals surface area contributed by atoms with Gasteiger partial charge in [-0.1, -0.05) is 41.9 Å². The summed E-state index contributed by atoms with van der Waals surface area (Å²) in [6.45, 7) is 3.86. The van der Waals surface area contributed by atoms with E-state index >= 15 is 0 Å². The minimum atomic E-state index is -0.172. The third kappa shape index (κ3) is 4.80. The van der Waals surface area contributed by atoms with Gasteiger partial charge in [-0.2, -0.15) is 0 Å². The Morgan fingerprint density at radius 2 is 1.96 bits per heavy atom. The van der Waals surface area contributed by atoms with Gasteiger partial charge in [0.15, 0.2) is 5.15 Å². The third-order valence-electron chi connectivity index (χ3n) is 4.96.